The monoisotopic (exact) mass is 363 g/mol. The van der Waals surface area contributed by atoms with E-state index in [4.69, 9.17) is 9.26 Å². The Morgan fingerprint density at radius 2 is 1.96 bits per heavy atom. The van der Waals surface area contributed by atoms with Crippen LogP contribution in [0.2, 0.25) is 0 Å². The number of aryl methyl sites for hydroxylation is 1. The number of aromatic nitrogens is 2. The van der Waals surface area contributed by atoms with Gasteiger partial charge in [-0.25, -0.2) is 0 Å². The van der Waals surface area contributed by atoms with Crippen molar-refractivity contribution in [1.29, 1.82) is 0 Å². The summed E-state index contributed by atoms with van der Waals surface area (Å²) in [6, 6.07) is 0. The van der Waals surface area contributed by atoms with Gasteiger partial charge in [-0.05, 0) is 39.9 Å². The maximum Gasteiger partial charge on any atom is 0.236 e. The lowest BCUT2D eigenvalue weighted by atomic mass is 9.71. The van der Waals surface area contributed by atoms with Gasteiger partial charge in [0, 0.05) is 31.6 Å². The van der Waals surface area contributed by atoms with Crippen LogP contribution in [0.1, 0.15) is 30.5 Å². The molecule has 0 saturated carbocycles. The second-order valence-corrected chi connectivity index (χ2v) is 8.06. The molecule has 0 radical (unpaired) electrons. The standard InChI is InChI=1S/C18H29N5O3/c1-14-19-17(26-20-14)15-11-23(13-18(15)3-5-21(2)6-4-18)16(24)12-22-7-9-25-10-8-22/h15H,3-13H2,1-2H3. The lowest BCUT2D eigenvalue weighted by molar-refractivity contribution is -0.133. The zero-order valence-electron chi connectivity index (χ0n) is 15.8. The van der Waals surface area contributed by atoms with Gasteiger partial charge in [-0.1, -0.05) is 5.16 Å². The van der Waals surface area contributed by atoms with Gasteiger partial charge < -0.3 is 19.1 Å². The largest absolute Gasteiger partial charge is 0.379 e. The molecule has 1 amide bonds. The van der Waals surface area contributed by atoms with E-state index in [9.17, 15) is 4.79 Å². The highest BCUT2D eigenvalue weighted by atomic mass is 16.5. The summed E-state index contributed by atoms with van der Waals surface area (Å²) in [6.07, 6.45) is 2.13. The van der Waals surface area contributed by atoms with Gasteiger partial charge in [-0.3, -0.25) is 9.69 Å². The fourth-order valence-electron chi connectivity index (χ4n) is 4.57. The van der Waals surface area contributed by atoms with Gasteiger partial charge in [0.15, 0.2) is 5.82 Å². The minimum atomic E-state index is 0.0617. The van der Waals surface area contributed by atoms with Crippen LogP contribution in [0.4, 0.5) is 0 Å². The molecule has 144 valence electrons. The number of rotatable bonds is 3. The summed E-state index contributed by atoms with van der Waals surface area (Å²) in [7, 11) is 2.16. The van der Waals surface area contributed by atoms with Crippen molar-refractivity contribution in [2.75, 3.05) is 66.1 Å². The number of carbonyl (C=O) groups excluding carboxylic acids is 1. The second kappa shape index (κ2) is 7.25. The van der Waals surface area contributed by atoms with Crippen LogP contribution in [0.5, 0.6) is 0 Å². The Morgan fingerprint density at radius 1 is 1.23 bits per heavy atom. The zero-order valence-corrected chi connectivity index (χ0v) is 15.8. The minimum Gasteiger partial charge on any atom is -0.379 e. The molecule has 3 fully saturated rings. The number of hydrogen-bond acceptors (Lipinski definition) is 7. The van der Waals surface area contributed by atoms with Gasteiger partial charge in [0.1, 0.15) is 0 Å². The van der Waals surface area contributed by atoms with E-state index in [0.717, 1.165) is 45.6 Å². The van der Waals surface area contributed by atoms with Crippen LogP contribution in [-0.4, -0.2) is 96.8 Å². The third kappa shape index (κ3) is 3.50. The molecule has 0 bridgehead atoms. The fourth-order valence-corrected chi connectivity index (χ4v) is 4.57. The van der Waals surface area contributed by atoms with Crippen molar-refractivity contribution in [3.63, 3.8) is 0 Å². The molecule has 4 rings (SSSR count). The topological polar surface area (TPSA) is 74.9 Å². The number of nitrogens with zero attached hydrogens (tertiary/aromatic N) is 5. The van der Waals surface area contributed by atoms with Crippen LogP contribution < -0.4 is 0 Å². The van der Waals surface area contributed by atoms with E-state index in [1.807, 2.05) is 11.8 Å². The van der Waals surface area contributed by atoms with Crippen molar-refractivity contribution >= 4 is 5.91 Å². The van der Waals surface area contributed by atoms with Crippen LogP contribution in [0.3, 0.4) is 0 Å². The molecule has 1 spiro atoms. The van der Waals surface area contributed by atoms with Crippen molar-refractivity contribution in [3.8, 4) is 0 Å². The first kappa shape index (κ1) is 17.9. The maximum atomic E-state index is 13.0. The van der Waals surface area contributed by atoms with E-state index in [2.05, 4.69) is 27.0 Å². The Labute approximate surface area is 154 Å². The average Bonchev–Trinajstić information content (AvgIpc) is 3.23. The molecule has 0 aromatic carbocycles. The Hall–Kier alpha value is -1.51. The first-order valence-electron chi connectivity index (χ1n) is 9.62. The molecule has 4 heterocycles. The highest BCUT2D eigenvalue weighted by Gasteiger charge is 2.51. The predicted molar refractivity (Wildman–Crippen MR) is 94.8 cm³/mol. The molecule has 8 heteroatoms. The Kier molecular flexibility index (Phi) is 4.98. The van der Waals surface area contributed by atoms with Gasteiger partial charge >= 0.3 is 0 Å². The van der Waals surface area contributed by atoms with E-state index in [1.54, 1.807) is 0 Å². The van der Waals surface area contributed by atoms with Crippen LogP contribution in [0.15, 0.2) is 4.52 Å². The molecule has 3 saturated heterocycles. The summed E-state index contributed by atoms with van der Waals surface area (Å²) < 4.78 is 10.9. The van der Waals surface area contributed by atoms with Gasteiger partial charge in [0.25, 0.3) is 0 Å². The van der Waals surface area contributed by atoms with Gasteiger partial charge in [-0.2, -0.15) is 4.98 Å². The number of hydrogen-bond donors (Lipinski definition) is 0. The van der Waals surface area contributed by atoms with Gasteiger partial charge in [-0.15, -0.1) is 0 Å². The summed E-state index contributed by atoms with van der Waals surface area (Å²) in [6.45, 7) is 9.03. The van der Waals surface area contributed by atoms with Crippen molar-refractivity contribution < 1.29 is 14.1 Å². The highest BCUT2D eigenvalue weighted by molar-refractivity contribution is 5.79. The third-order valence-electron chi connectivity index (χ3n) is 6.29. The van der Waals surface area contributed by atoms with E-state index < -0.39 is 0 Å². The van der Waals surface area contributed by atoms with E-state index in [1.165, 1.54) is 0 Å². The molecule has 3 aliphatic rings. The Morgan fingerprint density at radius 3 is 2.62 bits per heavy atom. The number of ether oxygens (including phenoxy) is 1. The molecule has 1 atom stereocenters. The Balaban J connectivity index is 1.50. The molecule has 0 N–H and O–H groups in total. The van der Waals surface area contributed by atoms with Crippen molar-refractivity contribution in [3.05, 3.63) is 11.7 Å². The third-order valence-corrected chi connectivity index (χ3v) is 6.29. The van der Waals surface area contributed by atoms with Crippen molar-refractivity contribution in [1.82, 2.24) is 24.8 Å². The van der Waals surface area contributed by atoms with Crippen LogP contribution in [-0.2, 0) is 9.53 Å². The molecule has 8 nitrogen and oxygen atoms in total. The first-order chi connectivity index (χ1) is 12.6. The molecular formula is C18H29N5O3. The normalized spacial score (nSPS) is 27.3. The molecule has 3 aliphatic heterocycles. The number of amides is 1. The van der Waals surface area contributed by atoms with E-state index >= 15 is 0 Å². The molecule has 26 heavy (non-hydrogen) atoms. The number of morpholine rings is 1. The zero-order chi connectivity index (χ0) is 18.1. The van der Waals surface area contributed by atoms with Crippen LogP contribution >= 0.6 is 0 Å². The molecule has 1 aromatic heterocycles. The summed E-state index contributed by atoms with van der Waals surface area (Å²) in [5.74, 6) is 1.73. The molecule has 1 unspecified atom stereocenters. The van der Waals surface area contributed by atoms with Crippen molar-refractivity contribution in [2.24, 2.45) is 5.41 Å². The number of carbonyl (C=O) groups is 1. The molecular weight excluding hydrogens is 334 g/mol. The predicted octanol–water partition coefficient (Wildman–Crippen LogP) is 0.348. The lowest BCUT2D eigenvalue weighted by Crippen LogP contribution is -2.45. The summed E-state index contributed by atoms with van der Waals surface area (Å²) in [5, 5.41) is 4.00. The number of likely N-dealkylation sites (tertiary alicyclic amines) is 2. The SMILES string of the molecule is Cc1noc(C2CN(C(=O)CN3CCOCC3)CC23CCN(C)CC3)n1. The van der Waals surface area contributed by atoms with Gasteiger partial charge in [0.2, 0.25) is 11.8 Å². The van der Waals surface area contributed by atoms with E-state index in [-0.39, 0.29) is 17.2 Å². The molecule has 0 aliphatic carbocycles. The van der Waals surface area contributed by atoms with Crippen molar-refractivity contribution in [2.45, 2.75) is 25.7 Å². The maximum absolute atomic E-state index is 13.0. The second-order valence-electron chi connectivity index (χ2n) is 8.06. The molecule has 1 aromatic rings. The smallest absolute Gasteiger partial charge is 0.236 e. The van der Waals surface area contributed by atoms with Crippen LogP contribution in [0.25, 0.3) is 0 Å². The van der Waals surface area contributed by atoms with Gasteiger partial charge in [0.05, 0.1) is 25.7 Å². The lowest BCUT2D eigenvalue weighted by Gasteiger charge is -2.40. The minimum absolute atomic E-state index is 0.0617. The quantitative estimate of drug-likeness (QED) is 0.767. The number of piperidine rings is 1. The van der Waals surface area contributed by atoms with Crippen LogP contribution in [0, 0.1) is 12.3 Å². The summed E-state index contributed by atoms with van der Waals surface area (Å²) in [5.41, 5.74) is 0.0617. The Bertz CT molecular complexity index is 635. The summed E-state index contributed by atoms with van der Waals surface area (Å²) >= 11 is 0. The highest BCUT2D eigenvalue weighted by Crippen LogP contribution is 2.49. The van der Waals surface area contributed by atoms with E-state index in [0.29, 0.717) is 38.0 Å². The first-order valence-corrected chi connectivity index (χ1v) is 9.62. The summed E-state index contributed by atoms with van der Waals surface area (Å²) in [4.78, 5) is 24.1. The average molecular weight is 363 g/mol. The fraction of sp³-hybridized carbons (Fsp3) is 0.833.